The first-order valence-corrected chi connectivity index (χ1v) is 9.32. The molecule has 1 amide bonds. The highest BCUT2D eigenvalue weighted by atomic mass is 19.4. The molecule has 1 fully saturated rings. The number of pyridine rings is 1. The number of carbonyl (C=O) groups excluding carboxylic acids is 1. The molecule has 0 radical (unpaired) electrons. The molecule has 1 aromatic heterocycles. The second-order valence-corrected chi connectivity index (χ2v) is 7.68. The summed E-state index contributed by atoms with van der Waals surface area (Å²) >= 11 is 0. The summed E-state index contributed by atoms with van der Waals surface area (Å²) in [6, 6.07) is 2.73. The average Bonchev–Trinajstić information content (AvgIpc) is 2.60. The Morgan fingerprint density at radius 3 is 2.37 bits per heavy atom. The predicted molar refractivity (Wildman–Crippen MR) is 99.5 cm³/mol. The van der Waals surface area contributed by atoms with Gasteiger partial charge >= 0.3 is 6.18 Å². The normalized spacial score (nSPS) is 17.4. The van der Waals surface area contributed by atoms with E-state index in [9.17, 15) is 18.0 Å². The summed E-state index contributed by atoms with van der Waals surface area (Å²) in [5, 5.41) is 3.05. The van der Waals surface area contributed by atoms with Gasteiger partial charge in [-0.25, -0.2) is 4.98 Å². The Balaban J connectivity index is 1.85. The van der Waals surface area contributed by atoms with Crippen LogP contribution in [0.4, 0.5) is 19.0 Å². The topological polar surface area (TPSA) is 48.5 Å². The van der Waals surface area contributed by atoms with Gasteiger partial charge in [0, 0.05) is 37.8 Å². The Morgan fingerprint density at radius 2 is 1.93 bits per heavy atom. The number of aromatic nitrogens is 1. The first kappa shape index (κ1) is 21.5. The number of nitrogens with one attached hydrogen (secondary N) is 1. The Hall–Kier alpha value is -1.83. The van der Waals surface area contributed by atoms with Crippen molar-refractivity contribution in [1.29, 1.82) is 0 Å². The van der Waals surface area contributed by atoms with Crippen molar-refractivity contribution in [2.75, 3.05) is 38.6 Å². The monoisotopic (exact) mass is 386 g/mol. The molecule has 0 spiro atoms. The maximum absolute atomic E-state index is 12.6. The van der Waals surface area contributed by atoms with E-state index in [1.807, 2.05) is 19.0 Å². The SMILES string of the molecule is CC(C)[C@@H](CNC(=O)C1CCN(c2ccc(C(F)(F)F)cn2)CC1)N(C)C. The minimum atomic E-state index is -4.38. The van der Waals surface area contributed by atoms with Crippen LogP contribution in [-0.2, 0) is 11.0 Å². The van der Waals surface area contributed by atoms with Crippen molar-refractivity contribution in [2.24, 2.45) is 11.8 Å². The van der Waals surface area contributed by atoms with E-state index in [2.05, 4.69) is 29.0 Å². The molecule has 152 valence electrons. The molecule has 1 atom stereocenters. The van der Waals surface area contributed by atoms with Crippen LogP contribution in [0.2, 0.25) is 0 Å². The molecule has 1 N–H and O–H groups in total. The smallest absolute Gasteiger partial charge is 0.357 e. The number of carbonyl (C=O) groups is 1. The lowest BCUT2D eigenvalue weighted by atomic mass is 9.95. The number of amides is 1. The quantitative estimate of drug-likeness (QED) is 0.817. The van der Waals surface area contributed by atoms with Gasteiger partial charge in [-0.15, -0.1) is 0 Å². The number of anilines is 1. The minimum absolute atomic E-state index is 0.0579. The minimum Gasteiger partial charge on any atom is -0.357 e. The van der Waals surface area contributed by atoms with E-state index in [1.165, 1.54) is 6.07 Å². The number of alkyl halides is 3. The molecule has 0 aliphatic carbocycles. The molecule has 0 saturated carbocycles. The number of hydrogen-bond donors (Lipinski definition) is 1. The molecule has 5 nitrogen and oxygen atoms in total. The lowest BCUT2D eigenvalue weighted by Gasteiger charge is -2.33. The summed E-state index contributed by atoms with van der Waals surface area (Å²) in [5.74, 6) is 0.954. The van der Waals surface area contributed by atoms with Gasteiger partial charge in [-0.05, 0) is 45.0 Å². The van der Waals surface area contributed by atoms with E-state index in [4.69, 9.17) is 0 Å². The summed E-state index contributed by atoms with van der Waals surface area (Å²) in [6.45, 7) is 6.10. The van der Waals surface area contributed by atoms with Crippen molar-refractivity contribution in [2.45, 2.75) is 38.9 Å². The molecule has 27 heavy (non-hydrogen) atoms. The van der Waals surface area contributed by atoms with Crippen LogP contribution in [0.15, 0.2) is 18.3 Å². The van der Waals surface area contributed by atoms with Crippen LogP contribution in [0.1, 0.15) is 32.3 Å². The van der Waals surface area contributed by atoms with Crippen molar-refractivity contribution in [3.63, 3.8) is 0 Å². The Bertz CT molecular complexity index is 600. The predicted octanol–water partition coefficient (Wildman–Crippen LogP) is 3.02. The number of piperidine rings is 1. The summed E-state index contributed by atoms with van der Waals surface area (Å²) in [6.07, 6.45) is -2.18. The second kappa shape index (κ2) is 8.91. The maximum Gasteiger partial charge on any atom is 0.417 e. The van der Waals surface area contributed by atoms with Crippen LogP contribution in [0, 0.1) is 11.8 Å². The van der Waals surface area contributed by atoms with E-state index in [0.717, 1.165) is 12.3 Å². The van der Waals surface area contributed by atoms with E-state index in [0.29, 0.717) is 44.2 Å². The Kier molecular flexibility index (Phi) is 7.08. The van der Waals surface area contributed by atoms with Gasteiger partial charge in [0.15, 0.2) is 0 Å². The molecule has 1 saturated heterocycles. The highest BCUT2D eigenvalue weighted by molar-refractivity contribution is 5.79. The highest BCUT2D eigenvalue weighted by Crippen LogP contribution is 2.30. The van der Waals surface area contributed by atoms with Crippen molar-refractivity contribution in [3.8, 4) is 0 Å². The molecule has 2 rings (SSSR count). The van der Waals surface area contributed by atoms with E-state index >= 15 is 0 Å². The molecule has 8 heteroatoms. The Labute approximate surface area is 158 Å². The fraction of sp³-hybridized carbons (Fsp3) is 0.684. The van der Waals surface area contributed by atoms with Gasteiger partial charge in [0.1, 0.15) is 5.82 Å². The molecule has 1 aromatic rings. The summed E-state index contributed by atoms with van der Waals surface area (Å²) < 4.78 is 37.9. The number of likely N-dealkylation sites (N-methyl/N-ethyl adjacent to an activating group) is 1. The molecule has 0 aromatic carbocycles. The molecular formula is C19H29F3N4O. The molecular weight excluding hydrogens is 357 g/mol. The zero-order valence-corrected chi connectivity index (χ0v) is 16.4. The first-order chi connectivity index (χ1) is 12.6. The second-order valence-electron chi connectivity index (χ2n) is 7.68. The lowest BCUT2D eigenvalue weighted by molar-refractivity contribution is -0.137. The third-order valence-electron chi connectivity index (χ3n) is 5.18. The molecule has 1 aliphatic heterocycles. The third kappa shape index (κ3) is 5.82. The van der Waals surface area contributed by atoms with Crippen molar-refractivity contribution < 1.29 is 18.0 Å². The zero-order chi connectivity index (χ0) is 20.2. The van der Waals surface area contributed by atoms with Crippen molar-refractivity contribution >= 4 is 11.7 Å². The third-order valence-corrected chi connectivity index (χ3v) is 5.18. The fourth-order valence-corrected chi connectivity index (χ4v) is 3.48. The van der Waals surface area contributed by atoms with Gasteiger partial charge < -0.3 is 15.1 Å². The summed E-state index contributed by atoms with van der Waals surface area (Å²) in [4.78, 5) is 20.4. The molecule has 0 bridgehead atoms. The van der Waals surface area contributed by atoms with Crippen LogP contribution < -0.4 is 10.2 Å². The highest BCUT2D eigenvalue weighted by Gasteiger charge is 2.31. The van der Waals surface area contributed by atoms with E-state index < -0.39 is 11.7 Å². The average molecular weight is 386 g/mol. The molecule has 1 aliphatic rings. The van der Waals surface area contributed by atoms with Crippen molar-refractivity contribution in [1.82, 2.24) is 15.2 Å². The van der Waals surface area contributed by atoms with E-state index in [-0.39, 0.29) is 17.9 Å². The Morgan fingerprint density at radius 1 is 1.30 bits per heavy atom. The van der Waals surface area contributed by atoms with Crippen LogP contribution in [0.5, 0.6) is 0 Å². The van der Waals surface area contributed by atoms with Gasteiger partial charge in [-0.3, -0.25) is 4.79 Å². The number of nitrogens with zero attached hydrogens (tertiary/aromatic N) is 3. The van der Waals surface area contributed by atoms with Crippen LogP contribution in [0.25, 0.3) is 0 Å². The number of halogens is 3. The zero-order valence-electron chi connectivity index (χ0n) is 16.4. The fourth-order valence-electron chi connectivity index (χ4n) is 3.48. The number of rotatable bonds is 6. The maximum atomic E-state index is 12.6. The van der Waals surface area contributed by atoms with Crippen molar-refractivity contribution in [3.05, 3.63) is 23.9 Å². The molecule has 2 heterocycles. The van der Waals surface area contributed by atoms with Gasteiger partial charge in [0.05, 0.1) is 5.56 Å². The van der Waals surface area contributed by atoms with Gasteiger partial charge in [0.25, 0.3) is 0 Å². The van der Waals surface area contributed by atoms with Crippen LogP contribution >= 0.6 is 0 Å². The van der Waals surface area contributed by atoms with Gasteiger partial charge in [0.2, 0.25) is 5.91 Å². The number of hydrogen-bond acceptors (Lipinski definition) is 4. The standard InChI is InChI=1S/C19H29F3N4O/c1-13(2)16(25(3)4)12-24-18(27)14-7-9-26(10-8-14)17-6-5-15(11-23-17)19(20,21)22/h5-6,11,13-14,16H,7-10,12H2,1-4H3,(H,24,27)/t16-/m1/s1. The van der Waals surface area contributed by atoms with Gasteiger partial charge in [-0.1, -0.05) is 13.8 Å². The van der Waals surface area contributed by atoms with Crippen LogP contribution in [-0.4, -0.2) is 55.6 Å². The summed E-state index contributed by atoms with van der Waals surface area (Å²) in [7, 11) is 4.01. The first-order valence-electron chi connectivity index (χ1n) is 9.32. The largest absolute Gasteiger partial charge is 0.417 e. The van der Waals surface area contributed by atoms with E-state index in [1.54, 1.807) is 0 Å². The van der Waals surface area contributed by atoms with Crippen LogP contribution in [0.3, 0.4) is 0 Å². The molecule has 0 unspecified atom stereocenters. The lowest BCUT2D eigenvalue weighted by Crippen LogP contribution is -2.46. The van der Waals surface area contributed by atoms with Gasteiger partial charge in [-0.2, -0.15) is 13.2 Å². The summed E-state index contributed by atoms with van der Waals surface area (Å²) in [5.41, 5.74) is -0.749.